The third-order valence-electron chi connectivity index (χ3n) is 6.02. The summed E-state index contributed by atoms with van der Waals surface area (Å²) in [5, 5.41) is 4.09. The number of para-hydroxylation sites is 1. The van der Waals surface area contributed by atoms with E-state index in [0.717, 1.165) is 23.8 Å². The minimum absolute atomic E-state index is 0.0592. The average Bonchev–Trinajstić information content (AvgIpc) is 3.53. The molecule has 4 aromatic rings. The molecule has 1 fully saturated rings. The Bertz CT molecular complexity index is 1410. The van der Waals surface area contributed by atoms with E-state index < -0.39 is 22.0 Å². The molecule has 0 aliphatic carbocycles. The van der Waals surface area contributed by atoms with E-state index in [0.29, 0.717) is 24.4 Å². The van der Waals surface area contributed by atoms with E-state index in [1.165, 1.54) is 22.5 Å². The van der Waals surface area contributed by atoms with Crippen LogP contribution in [-0.4, -0.2) is 31.7 Å². The maximum absolute atomic E-state index is 13.4. The zero-order chi connectivity index (χ0) is 23.7. The Balaban J connectivity index is 1.50. The molecule has 34 heavy (non-hydrogen) atoms. The molecule has 0 bridgehead atoms. The minimum atomic E-state index is -3.69. The van der Waals surface area contributed by atoms with Crippen LogP contribution in [0.4, 0.5) is 0 Å². The van der Waals surface area contributed by atoms with Crippen molar-refractivity contribution in [2.45, 2.75) is 23.8 Å². The molecule has 1 aliphatic rings. The van der Waals surface area contributed by atoms with Gasteiger partial charge in [-0.3, -0.25) is 4.79 Å². The summed E-state index contributed by atoms with van der Waals surface area (Å²) in [6, 6.07) is 22.6. The van der Waals surface area contributed by atoms with Crippen LogP contribution in [0, 0.1) is 0 Å². The second kappa shape index (κ2) is 9.25. The molecular weight excluding hydrogens is 472 g/mol. The summed E-state index contributed by atoms with van der Waals surface area (Å²) < 4.78 is 33.5. The maximum atomic E-state index is 13.4. The second-order valence-corrected chi connectivity index (χ2v) is 10.6. The molecule has 1 amide bonds. The lowest BCUT2D eigenvalue weighted by Crippen LogP contribution is -2.30. The van der Waals surface area contributed by atoms with Gasteiger partial charge in [-0.1, -0.05) is 60.1 Å². The Hall–Kier alpha value is -3.13. The highest BCUT2D eigenvalue weighted by Gasteiger charge is 2.29. The summed E-state index contributed by atoms with van der Waals surface area (Å²) in [6.45, 7) is 0.962. The van der Waals surface area contributed by atoms with Gasteiger partial charge < -0.3 is 9.73 Å². The zero-order valence-corrected chi connectivity index (χ0v) is 19.9. The average molecular weight is 495 g/mol. The topological polar surface area (TPSA) is 79.6 Å². The first-order valence-corrected chi connectivity index (χ1v) is 12.9. The van der Waals surface area contributed by atoms with E-state index >= 15 is 0 Å². The van der Waals surface area contributed by atoms with Crippen LogP contribution in [0.15, 0.2) is 88.2 Å². The van der Waals surface area contributed by atoms with Crippen LogP contribution >= 0.6 is 11.6 Å². The van der Waals surface area contributed by atoms with Crippen molar-refractivity contribution in [1.29, 1.82) is 0 Å². The van der Waals surface area contributed by atoms with Gasteiger partial charge in [0.25, 0.3) is 5.91 Å². The molecule has 6 nitrogen and oxygen atoms in total. The molecule has 1 N–H and O–H groups in total. The van der Waals surface area contributed by atoms with Gasteiger partial charge in [-0.15, -0.1) is 0 Å². The smallest absolute Gasteiger partial charge is 0.253 e. The van der Waals surface area contributed by atoms with Gasteiger partial charge in [-0.05, 0) is 48.7 Å². The van der Waals surface area contributed by atoms with Crippen molar-refractivity contribution in [3.05, 3.63) is 101 Å². The number of hydrogen-bond donors (Lipinski definition) is 1. The van der Waals surface area contributed by atoms with E-state index in [9.17, 15) is 13.2 Å². The summed E-state index contributed by atoms with van der Waals surface area (Å²) >= 11 is 6.35. The number of rotatable bonds is 6. The lowest BCUT2D eigenvalue weighted by molar-refractivity contribution is 0.0939. The first-order chi connectivity index (χ1) is 16.4. The molecule has 8 heteroatoms. The van der Waals surface area contributed by atoms with Crippen molar-refractivity contribution in [3.63, 3.8) is 0 Å². The predicted octanol–water partition coefficient (Wildman–Crippen LogP) is 5.39. The summed E-state index contributed by atoms with van der Waals surface area (Å²) in [4.78, 5) is 13.5. The number of hydrogen-bond acceptors (Lipinski definition) is 4. The van der Waals surface area contributed by atoms with Gasteiger partial charge in [0.05, 0.1) is 15.5 Å². The number of sulfonamides is 1. The quantitative estimate of drug-likeness (QED) is 0.389. The molecule has 2 heterocycles. The van der Waals surface area contributed by atoms with Crippen molar-refractivity contribution >= 4 is 38.5 Å². The molecule has 1 aromatic heterocycles. The second-order valence-electron chi connectivity index (χ2n) is 8.26. The predicted molar refractivity (Wildman–Crippen MR) is 131 cm³/mol. The molecule has 174 valence electrons. The highest BCUT2D eigenvalue weighted by molar-refractivity contribution is 7.89. The van der Waals surface area contributed by atoms with Crippen molar-refractivity contribution in [3.8, 4) is 0 Å². The Morgan fingerprint density at radius 1 is 0.941 bits per heavy atom. The number of amides is 1. The van der Waals surface area contributed by atoms with Gasteiger partial charge in [0.1, 0.15) is 17.4 Å². The number of furan rings is 1. The van der Waals surface area contributed by atoms with Gasteiger partial charge in [-0.2, -0.15) is 4.31 Å². The molecule has 0 radical (unpaired) electrons. The molecule has 1 unspecified atom stereocenters. The summed E-state index contributed by atoms with van der Waals surface area (Å²) in [5.41, 5.74) is 1.63. The van der Waals surface area contributed by atoms with Crippen LogP contribution in [0.3, 0.4) is 0 Å². The highest BCUT2D eigenvalue weighted by Crippen LogP contribution is 2.30. The molecule has 1 aliphatic heterocycles. The Labute approximate surface area is 203 Å². The Morgan fingerprint density at radius 3 is 2.38 bits per heavy atom. The monoisotopic (exact) mass is 494 g/mol. The summed E-state index contributed by atoms with van der Waals surface area (Å²) in [5.74, 6) is 0.0792. The summed E-state index contributed by atoms with van der Waals surface area (Å²) in [7, 11) is -3.69. The van der Waals surface area contributed by atoms with Crippen molar-refractivity contribution < 1.29 is 17.6 Å². The molecule has 5 rings (SSSR count). The van der Waals surface area contributed by atoms with Gasteiger partial charge in [0.2, 0.25) is 10.0 Å². The molecule has 0 spiro atoms. The van der Waals surface area contributed by atoms with Crippen LogP contribution in [0.2, 0.25) is 5.02 Å². The normalized spacial score (nSPS) is 15.4. The number of nitrogens with one attached hydrogen (secondary N) is 1. The van der Waals surface area contributed by atoms with Gasteiger partial charge in [0.15, 0.2) is 0 Å². The molecular formula is C26H23ClN2O4S. The van der Waals surface area contributed by atoms with E-state index in [1.807, 2.05) is 60.7 Å². The standard InChI is InChI=1S/C26H23ClN2O4S/c27-22-13-12-20(34(31,32)29-14-6-7-15-29)17-21(22)26(30)28-25(18-8-2-1-3-9-18)24-16-19-10-4-5-11-23(19)33-24/h1-5,8-13,16-17,25H,6-7,14-15H2,(H,28,30). The minimum Gasteiger partial charge on any atom is -0.459 e. The van der Waals surface area contributed by atoms with Crippen molar-refractivity contribution in [1.82, 2.24) is 9.62 Å². The lowest BCUT2D eigenvalue weighted by atomic mass is 10.0. The van der Waals surface area contributed by atoms with Crippen LogP contribution < -0.4 is 5.32 Å². The third-order valence-corrected chi connectivity index (χ3v) is 8.25. The first-order valence-electron chi connectivity index (χ1n) is 11.1. The van der Waals surface area contributed by atoms with E-state index in [-0.39, 0.29) is 15.5 Å². The van der Waals surface area contributed by atoms with Crippen LogP contribution in [-0.2, 0) is 10.0 Å². The number of carbonyl (C=O) groups is 1. The van der Waals surface area contributed by atoms with Crippen LogP contribution in [0.1, 0.15) is 40.6 Å². The number of fused-ring (bicyclic) bond motifs is 1. The summed E-state index contributed by atoms with van der Waals surface area (Å²) in [6.07, 6.45) is 1.66. The van der Waals surface area contributed by atoms with E-state index in [1.54, 1.807) is 0 Å². The van der Waals surface area contributed by atoms with E-state index in [4.69, 9.17) is 16.0 Å². The number of nitrogens with zero attached hydrogens (tertiary/aromatic N) is 1. The molecule has 3 aromatic carbocycles. The number of benzene rings is 3. The maximum Gasteiger partial charge on any atom is 0.253 e. The largest absolute Gasteiger partial charge is 0.459 e. The Morgan fingerprint density at radius 2 is 1.65 bits per heavy atom. The zero-order valence-electron chi connectivity index (χ0n) is 18.3. The van der Waals surface area contributed by atoms with Crippen molar-refractivity contribution in [2.75, 3.05) is 13.1 Å². The molecule has 1 saturated heterocycles. The highest BCUT2D eigenvalue weighted by atomic mass is 35.5. The van der Waals surface area contributed by atoms with Gasteiger partial charge in [-0.25, -0.2) is 8.42 Å². The fourth-order valence-electron chi connectivity index (χ4n) is 4.23. The van der Waals surface area contributed by atoms with Gasteiger partial charge in [0, 0.05) is 18.5 Å². The van der Waals surface area contributed by atoms with Crippen molar-refractivity contribution in [2.24, 2.45) is 0 Å². The number of halogens is 1. The fourth-order valence-corrected chi connectivity index (χ4v) is 5.98. The van der Waals surface area contributed by atoms with E-state index in [2.05, 4.69) is 5.32 Å². The van der Waals surface area contributed by atoms with Crippen LogP contribution in [0.5, 0.6) is 0 Å². The molecule has 1 atom stereocenters. The Kier molecular flexibility index (Phi) is 6.16. The number of carbonyl (C=O) groups excluding carboxylic acids is 1. The molecule has 0 saturated carbocycles. The fraction of sp³-hybridized carbons (Fsp3) is 0.192. The van der Waals surface area contributed by atoms with Gasteiger partial charge >= 0.3 is 0 Å². The first kappa shape index (κ1) is 22.7. The lowest BCUT2D eigenvalue weighted by Gasteiger charge is -2.19. The SMILES string of the molecule is O=C(NC(c1ccccc1)c1cc2ccccc2o1)c1cc(S(=O)(=O)N2CCCC2)ccc1Cl. The third kappa shape index (κ3) is 4.34. The van der Waals surface area contributed by atoms with Crippen LogP contribution in [0.25, 0.3) is 11.0 Å².